The highest BCUT2D eigenvalue weighted by Gasteiger charge is 2.22. The number of Topliss-reactive ketones (excluding diaryl/α,β-unsaturated/α-hetero) is 1. The molecule has 182 valence electrons. The molecule has 0 fully saturated rings. The maximum Gasteiger partial charge on any atom is 0.312 e. The van der Waals surface area contributed by atoms with Gasteiger partial charge in [-0.25, -0.2) is 0 Å². The second-order valence-electron chi connectivity index (χ2n) is 9.43. The maximum atomic E-state index is 13.1. The topological polar surface area (TPSA) is 84.3 Å². The van der Waals surface area contributed by atoms with Crippen LogP contribution in [-0.2, 0) is 20.7 Å². The molecule has 1 heterocycles. The van der Waals surface area contributed by atoms with Gasteiger partial charge in [0.15, 0.2) is 0 Å². The third-order valence-electron chi connectivity index (χ3n) is 5.03. The van der Waals surface area contributed by atoms with E-state index < -0.39 is 11.6 Å². The van der Waals surface area contributed by atoms with E-state index in [0.29, 0.717) is 21.0 Å². The lowest BCUT2D eigenvalue weighted by Gasteiger charge is -2.19. The zero-order valence-electron chi connectivity index (χ0n) is 20.2. The Hall–Kier alpha value is -3.09. The Morgan fingerprint density at radius 1 is 0.971 bits per heavy atom. The first-order valence-electron chi connectivity index (χ1n) is 11.2. The maximum absolute atomic E-state index is 13.1. The summed E-state index contributed by atoms with van der Waals surface area (Å²) in [6.07, 6.45) is -0.337. The largest absolute Gasteiger partial charge is 0.460 e. The van der Waals surface area contributed by atoms with Crippen LogP contribution >= 0.6 is 22.9 Å². The van der Waals surface area contributed by atoms with E-state index in [1.807, 2.05) is 31.2 Å². The molecule has 0 saturated heterocycles. The quantitative estimate of drug-likeness (QED) is 0.194. The van der Waals surface area contributed by atoms with Crippen molar-refractivity contribution in [3.63, 3.8) is 0 Å². The van der Waals surface area contributed by atoms with Crippen molar-refractivity contribution in [3.8, 4) is 10.4 Å². The molecule has 0 radical (unpaired) electrons. The molecule has 0 unspecified atom stereocenters. The Bertz CT molecular complexity index is 1250. The lowest BCUT2D eigenvalue weighted by Crippen LogP contribution is -2.25. The highest BCUT2D eigenvalue weighted by atomic mass is 35.5. The summed E-state index contributed by atoms with van der Waals surface area (Å²) >= 11 is 7.38. The molecule has 0 atom stereocenters. The number of hydrogen-bond acceptors (Lipinski definition) is 6. The number of halogens is 1. The van der Waals surface area contributed by atoms with Crippen molar-refractivity contribution in [1.29, 1.82) is 5.41 Å². The van der Waals surface area contributed by atoms with Crippen LogP contribution in [0.2, 0.25) is 5.02 Å². The normalized spacial score (nSPS) is 11.2. The molecule has 1 aromatic heterocycles. The highest BCUT2D eigenvalue weighted by Crippen LogP contribution is 2.35. The average molecular weight is 510 g/mol. The Morgan fingerprint density at radius 3 is 2.20 bits per heavy atom. The van der Waals surface area contributed by atoms with E-state index in [1.54, 1.807) is 51.1 Å². The predicted molar refractivity (Wildman–Crippen MR) is 141 cm³/mol. The van der Waals surface area contributed by atoms with Crippen LogP contribution in [0.4, 0.5) is 0 Å². The van der Waals surface area contributed by atoms with Gasteiger partial charge in [-0.2, -0.15) is 0 Å². The molecular weight excluding hydrogens is 482 g/mol. The summed E-state index contributed by atoms with van der Waals surface area (Å²) in [5, 5.41) is 8.67. The van der Waals surface area contributed by atoms with Crippen LogP contribution in [0.15, 0.2) is 54.6 Å². The van der Waals surface area contributed by atoms with E-state index in [9.17, 15) is 14.4 Å². The standard InChI is InChI=1S/C28H28ClNO4S/c1-17-5-7-18(8-6-17)26(33)24-14-20(27(35-24)19-9-11-21(29)12-10-19)13-23(31)15-22(30)16-25(32)34-28(2,3)4/h5-12,14,30H,13,15-16H2,1-4H3. The Balaban J connectivity index is 1.81. The van der Waals surface area contributed by atoms with Crippen molar-refractivity contribution >= 4 is 46.2 Å². The van der Waals surface area contributed by atoms with Gasteiger partial charge in [-0.1, -0.05) is 53.6 Å². The van der Waals surface area contributed by atoms with Crippen molar-refractivity contribution in [2.24, 2.45) is 0 Å². The van der Waals surface area contributed by atoms with Crippen molar-refractivity contribution < 1.29 is 19.1 Å². The minimum Gasteiger partial charge on any atom is -0.460 e. The zero-order chi connectivity index (χ0) is 25.8. The molecule has 35 heavy (non-hydrogen) atoms. The van der Waals surface area contributed by atoms with E-state index in [1.165, 1.54) is 11.3 Å². The minimum absolute atomic E-state index is 0.00322. The number of ether oxygens (including phenoxy) is 1. The van der Waals surface area contributed by atoms with E-state index in [4.69, 9.17) is 21.7 Å². The summed E-state index contributed by atoms with van der Waals surface area (Å²) in [6.45, 7) is 7.22. The lowest BCUT2D eigenvalue weighted by molar-refractivity contribution is -0.153. The number of aryl methyl sites for hydroxylation is 1. The van der Waals surface area contributed by atoms with Gasteiger partial charge in [0, 0.05) is 34.0 Å². The number of ketones is 2. The van der Waals surface area contributed by atoms with Gasteiger partial charge in [0.25, 0.3) is 0 Å². The van der Waals surface area contributed by atoms with Crippen LogP contribution in [0.25, 0.3) is 10.4 Å². The molecule has 3 rings (SSSR count). The van der Waals surface area contributed by atoms with Crippen molar-refractivity contribution in [1.82, 2.24) is 0 Å². The molecule has 0 saturated carbocycles. The number of carbonyl (C=O) groups excluding carboxylic acids is 3. The summed E-state index contributed by atoms with van der Waals surface area (Å²) in [4.78, 5) is 39.3. The van der Waals surface area contributed by atoms with Gasteiger partial charge in [0.05, 0.1) is 11.3 Å². The summed E-state index contributed by atoms with van der Waals surface area (Å²) in [5.74, 6) is -0.846. The van der Waals surface area contributed by atoms with Crippen molar-refractivity contribution in [2.75, 3.05) is 0 Å². The van der Waals surface area contributed by atoms with Gasteiger partial charge in [0.1, 0.15) is 11.4 Å². The molecule has 0 aliphatic heterocycles. The smallest absolute Gasteiger partial charge is 0.312 e. The molecule has 7 heteroatoms. The minimum atomic E-state index is -0.647. The summed E-state index contributed by atoms with van der Waals surface area (Å²) < 4.78 is 5.24. The van der Waals surface area contributed by atoms with Crippen LogP contribution in [0.3, 0.4) is 0 Å². The van der Waals surface area contributed by atoms with Crippen molar-refractivity contribution in [3.05, 3.63) is 81.2 Å². The highest BCUT2D eigenvalue weighted by molar-refractivity contribution is 7.17. The third kappa shape index (κ3) is 7.70. The number of carbonyl (C=O) groups is 3. The number of thiophene rings is 1. The van der Waals surface area contributed by atoms with Gasteiger partial charge in [-0.3, -0.25) is 14.4 Å². The van der Waals surface area contributed by atoms with Crippen molar-refractivity contribution in [2.45, 2.75) is 52.6 Å². The molecule has 0 bridgehead atoms. The summed E-state index contributed by atoms with van der Waals surface area (Å²) in [6, 6.07) is 16.4. The monoisotopic (exact) mass is 509 g/mol. The van der Waals surface area contributed by atoms with Crippen LogP contribution < -0.4 is 0 Å². The van der Waals surface area contributed by atoms with Crippen LogP contribution in [0.1, 0.15) is 60.0 Å². The Morgan fingerprint density at radius 2 is 1.60 bits per heavy atom. The van der Waals surface area contributed by atoms with E-state index in [2.05, 4.69) is 0 Å². The SMILES string of the molecule is Cc1ccc(C(=O)c2cc(CC(=O)CC(=N)CC(=O)OC(C)(C)C)c(-c3ccc(Cl)cc3)s2)cc1. The van der Waals surface area contributed by atoms with Gasteiger partial charge in [0.2, 0.25) is 5.78 Å². The number of nitrogens with one attached hydrogen (secondary N) is 1. The molecule has 1 N–H and O–H groups in total. The van der Waals surface area contributed by atoms with E-state index in [-0.39, 0.29) is 36.5 Å². The molecule has 0 spiro atoms. The second kappa shape index (κ2) is 11.1. The lowest BCUT2D eigenvalue weighted by atomic mass is 10.0. The summed E-state index contributed by atoms with van der Waals surface area (Å²) in [7, 11) is 0. The van der Waals surface area contributed by atoms with Gasteiger partial charge >= 0.3 is 5.97 Å². The van der Waals surface area contributed by atoms with Gasteiger partial charge < -0.3 is 10.1 Å². The molecule has 2 aromatic carbocycles. The average Bonchev–Trinajstić information content (AvgIpc) is 3.16. The number of hydrogen-bond donors (Lipinski definition) is 1. The fraction of sp³-hybridized carbons (Fsp3) is 0.286. The van der Waals surface area contributed by atoms with Crippen LogP contribution in [-0.4, -0.2) is 28.8 Å². The Kier molecular flexibility index (Phi) is 8.41. The molecule has 0 aliphatic carbocycles. The Labute approximate surface area is 214 Å². The second-order valence-corrected chi connectivity index (χ2v) is 10.9. The first-order valence-corrected chi connectivity index (χ1v) is 12.4. The van der Waals surface area contributed by atoms with E-state index in [0.717, 1.165) is 16.0 Å². The predicted octanol–water partition coefficient (Wildman–Crippen LogP) is 6.86. The van der Waals surface area contributed by atoms with Crippen LogP contribution in [0.5, 0.6) is 0 Å². The fourth-order valence-corrected chi connectivity index (χ4v) is 4.77. The number of benzene rings is 2. The first kappa shape index (κ1) is 26.5. The number of rotatable bonds is 9. The summed E-state index contributed by atoms with van der Waals surface area (Å²) in [5.41, 5.74) is 2.57. The molecular formula is C28H28ClNO4S. The van der Waals surface area contributed by atoms with Gasteiger partial charge in [-0.15, -0.1) is 11.3 Å². The first-order chi connectivity index (χ1) is 16.4. The number of esters is 1. The van der Waals surface area contributed by atoms with E-state index >= 15 is 0 Å². The van der Waals surface area contributed by atoms with Gasteiger partial charge in [-0.05, 0) is 57.0 Å². The molecule has 0 amide bonds. The third-order valence-corrected chi connectivity index (χ3v) is 6.51. The molecule has 5 nitrogen and oxygen atoms in total. The zero-order valence-corrected chi connectivity index (χ0v) is 21.8. The molecule has 3 aromatic rings. The molecule has 0 aliphatic rings. The fourth-order valence-electron chi connectivity index (χ4n) is 3.49. The van der Waals surface area contributed by atoms with Crippen LogP contribution in [0, 0.1) is 12.3 Å².